The molecule has 1 radical (unpaired) electrons. The number of rotatable bonds is 6. The van der Waals surface area contributed by atoms with E-state index >= 15 is 0 Å². The summed E-state index contributed by atoms with van der Waals surface area (Å²) in [5, 5.41) is 0. The molecule has 0 heterocycles. The summed E-state index contributed by atoms with van der Waals surface area (Å²) in [6, 6.07) is 10.0. The van der Waals surface area contributed by atoms with E-state index < -0.39 is 0 Å². The lowest BCUT2D eigenvalue weighted by molar-refractivity contribution is 0.189. The molecule has 1 unspecified atom stereocenters. The van der Waals surface area contributed by atoms with Crippen molar-refractivity contribution in [1.29, 1.82) is 0 Å². The van der Waals surface area contributed by atoms with Gasteiger partial charge in [0.15, 0.2) is 0 Å². The van der Waals surface area contributed by atoms with Crippen LogP contribution in [0.1, 0.15) is 33.1 Å². The Bertz CT molecular complexity index is 224. The number of benzene rings is 1. The van der Waals surface area contributed by atoms with Gasteiger partial charge in [-0.3, -0.25) is 0 Å². The highest BCUT2D eigenvalue weighted by Gasteiger charge is 2.07. The quantitative estimate of drug-likeness (QED) is 0.663. The standard InChI is InChI=1S/C13H19O/c1-3-8-12(9-4-2)14-13-10-6-5-7-11-13/h3,5-7,10-12H,4,8-9H2,1-2H3. The largest absolute Gasteiger partial charge is 0.490 e. The second-order valence-electron chi connectivity index (χ2n) is 3.49. The van der Waals surface area contributed by atoms with Crippen molar-refractivity contribution in [3.05, 3.63) is 36.8 Å². The highest BCUT2D eigenvalue weighted by molar-refractivity contribution is 5.21. The number of hydrogen-bond donors (Lipinski definition) is 0. The first-order valence-corrected chi connectivity index (χ1v) is 5.36. The van der Waals surface area contributed by atoms with Gasteiger partial charge in [-0.15, -0.1) is 0 Å². The molecule has 1 atom stereocenters. The summed E-state index contributed by atoms with van der Waals surface area (Å²) in [7, 11) is 0. The number of para-hydroxylation sites is 1. The Kier molecular flexibility index (Phi) is 5.13. The Labute approximate surface area is 87.1 Å². The molecule has 1 rings (SSSR count). The summed E-state index contributed by atoms with van der Waals surface area (Å²) in [6.45, 7) is 4.27. The van der Waals surface area contributed by atoms with Gasteiger partial charge in [-0.25, -0.2) is 0 Å². The molecule has 0 aliphatic heterocycles. The molecule has 0 spiro atoms. The van der Waals surface area contributed by atoms with Gasteiger partial charge >= 0.3 is 0 Å². The second kappa shape index (κ2) is 6.47. The van der Waals surface area contributed by atoms with Crippen LogP contribution in [0.2, 0.25) is 0 Å². The van der Waals surface area contributed by atoms with Crippen LogP contribution in [0.4, 0.5) is 0 Å². The van der Waals surface area contributed by atoms with Gasteiger partial charge in [-0.1, -0.05) is 38.5 Å². The van der Waals surface area contributed by atoms with Crippen molar-refractivity contribution in [2.75, 3.05) is 0 Å². The van der Waals surface area contributed by atoms with Crippen LogP contribution in [0.15, 0.2) is 30.3 Å². The molecular formula is C13H19O. The molecule has 77 valence electrons. The summed E-state index contributed by atoms with van der Waals surface area (Å²) in [5.41, 5.74) is 0. The molecule has 0 aromatic heterocycles. The van der Waals surface area contributed by atoms with Crippen LogP contribution in [0.5, 0.6) is 5.75 Å². The topological polar surface area (TPSA) is 9.23 Å². The summed E-state index contributed by atoms with van der Waals surface area (Å²) in [5.74, 6) is 0.979. The fourth-order valence-electron chi connectivity index (χ4n) is 1.50. The predicted octanol–water partition coefficient (Wildman–Crippen LogP) is 3.85. The van der Waals surface area contributed by atoms with Crippen molar-refractivity contribution >= 4 is 0 Å². The van der Waals surface area contributed by atoms with Gasteiger partial charge in [-0.2, -0.15) is 0 Å². The molecule has 0 fully saturated rings. The van der Waals surface area contributed by atoms with Gasteiger partial charge in [0, 0.05) is 0 Å². The summed E-state index contributed by atoms with van der Waals surface area (Å²) in [4.78, 5) is 0. The van der Waals surface area contributed by atoms with Crippen LogP contribution >= 0.6 is 0 Å². The summed E-state index contributed by atoms with van der Waals surface area (Å²) in [6.07, 6.45) is 5.84. The molecule has 0 saturated heterocycles. The third-order valence-electron chi connectivity index (χ3n) is 2.16. The molecule has 0 bridgehead atoms. The van der Waals surface area contributed by atoms with Crippen molar-refractivity contribution in [2.24, 2.45) is 0 Å². The lowest BCUT2D eigenvalue weighted by atomic mass is 10.1. The smallest absolute Gasteiger partial charge is 0.119 e. The Hall–Kier alpha value is -0.980. The van der Waals surface area contributed by atoms with E-state index in [0.29, 0.717) is 6.10 Å². The highest BCUT2D eigenvalue weighted by atomic mass is 16.5. The van der Waals surface area contributed by atoms with Crippen molar-refractivity contribution in [3.63, 3.8) is 0 Å². The van der Waals surface area contributed by atoms with Gasteiger partial charge < -0.3 is 4.74 Å². The van der Waals surface area contributed by atoms with Crippen molar-refractivity contribution in [1.82, 2.24) is 0 Å². The highest BCUT2D eigenvalue weighted by Crippen LogP contribution is 2.16. The van der Waals surface area contributed by atoms with Gasteiger partial charge in [0.25, 0.3) is 0 Å². The van der Waals surface area contributed by atoms with Gasteiger partial charge in [0.05, 0.1) is 6.10 Å². The van der Waals surface area contributed by atoms with E-state index in [4.69, 9.17) is 4.74 Å². The third-order valence-corrected chi connectivity index (χ3v) is 2.16. The fraction of sp³-hybridized carbons (Fsp3) is 0.462. The molecule has 1 nitrogen and oxygen atoms in total. The minimum atomic E-state index is 0.340. The van der Waals surface area contributed by atoms with Crippen LogP contribution in [-0.4, -0.2) is 6.10 Å². The van der Waals surface area contributed by atoms with Crippen LogP contribution in [-0.2, 0) is 0 Å². The van der Waals surface area contributed by atoms with E-state index in [1.54, 1.807) is 0 Å². The third kappa shape index (κ3) is 3.82. The maximum Gasteiger partial charge on any atom is 0.119 e. The molecule has 1 aromatic carbocycles. The molecule has 0 aliphatic rings. The maximum absolute atomic E-state index is 5.86. The van der Waals surface area contributed by atoms with Crippen molar-refractivity contribution < 1.29 is 4.74 Å². The van der Waals surface area contributed by atoms with Crippen LogP contribution in [0.3, 0.4) is 0 Å². The number of hydrogen-bond acceptors (Lipinski definition) is 1. The first-order chi connectivity index (χ1) is 6.86. The zero-order valence-electron chi connectivity index (χ0n) is 9.07. The zero-order valence-corrected chi connectivity index (χ0v) is 9.07. The Morgan fingerprint density at radius 2 is 2.00 bits per heavy atom. The lowest BCUT2D eigenvalue weighted by Crippen LogP contribution is -2.15. The molecule has 1 aromatic rings. The molecule has 0 amide bonds. The van der Waals surface area contributed by atoms with Crippen LogP contribution in [0, 0.1) is 6.42 Å². The van der Waals surface area contributed by atoms with E-state index in [0.717, 1.165) is 18.6 Å². The molecule has 0 N–H and O–H groups in total. The summed E-state index contributed by atoms with van der Waals surface area (Å²) < 4.78 is 5.86. The van der Waals surface area contributed by atoms with Crippen molar-refractivity contribution in [3.8, 4) is 5.75 Å². The molecular weight excluding hydrogens is 172 g/mol. The summed E-state index contributed by atoms with van der Waals surface area (Å²) >= 11 is 0. The monoisotopic (exact) mass is 191 g/mol. The molecule has 1 heteroatoms. The zero-order chi connectivity index (χ0) is 10.2. The maximum atomic E-state index is 5.86. The minimum Gasteiger partial charge on any atom is -0.490 e. The van der Waals surface area contributed by atoms with Crippen LogP contribution in [0.25, 0.3) is 0 Å². The minimum absolute atomic E-state index is 0.340. The Morgan fingerprint density at radius 3 is 2.57 bits per heavy atom. The molecule has 0 saturated carbocycles. The Morgan fingerprint density at radius 1 is 1.29 bits per heavy atom. The lowest BCUT2D eigenvalue weighted by Gasteiger charge is -2.17. The second-order valence-corrected chi connectivity index (χ2v) is 3.49. The Balaban J connectivity index is 2.46. The molecule has 14 heavy (non-hydrogen) atoms. The van der Waals surface area contributed by atoms with Crippen LogP contribution < -0.4 is 4.74 Å². The van der Waals surface area contributed by atoms with Crippen molar-refractivity contribution in [2.45, 2.75) is 39.2 Å². The fourth-order valence-corrected chi connectivity index (χ4v) is 1.50. The van der Waals surface area contributed by atoms with E-state index in [9.17, 15) is 0 Å². The normalized spacial score (nSPS) is 10.5. The average Bonchev–Trinajstić information content (AvgIpc) is 2.20. The number of ether oxygens (including phenoxy) is 1. The van der Waals surface area contributed by atoms with Gasteiger partial charge in [0.2, 0.25) is 0 Å². The molecule has 0 aliphatic carbocycles. The van der Waals surface area contributed by atoms with E-state index in [1.165, 1.54) is 6.42 Å². The first-order valence-electron chi connectivity index (χ1n) is 5.36. The van der Waals surface area contributed by atoms with Gasteiger partial charge in [0.1, 0.15) is 5.75 Å². The van der Waals surface area contributed by atoms with E-state index in [1.807, 2.05) is 30.3 Å². The first kappa shape index (κ1) is 11.1. The van der Waals surface area contributed by atoms with E-state index in [2.05, 4.69) is 20.3 Å². The van der Waals surface area contributed by atoms with Gasteiger partial charge in [-0.05, 0) is 31.4 Å². The SMILES string of the molecule is C[CH]CC(CCC)Oc1ccccc1. The predicted molar refractivity (Wildman–Crippen MR) is 60.4 cm³/mol. The average molecular weight is 191 g/mol. The van der Waals surface area contributed by atoms with E-state index in [-0.39, 0.29) is 0 Å².